The highest BCUT2D eigenvalue weighted by molar-refractivity contribution is 5.78. The largest absolute Gasteiger partial charge is 0.497 e. The Morgan fingerprint density at radius 1 is 1.16 bits per heavy atom. The molecule has 0 atom stereocenters. The Morgan fingerprint density at radius 2 is 2.00 bits per heavy atom. The lowest BCUT2D eigenvalue weighted by Crippen LogP contribution is -2.27. The Balaban J connectivity index is 1.48. The monoisotopic (exact) mass is 336 g/mol. The second-order valence-corrected chi connectivity index (χ2v) is 5.60. The minimum atomic E-state index is -0.0314. The minimum Gasteiger partial charge on any atom is -0.497 e. The lowest BCUT2D eigenvalue weighted by Gasteiger charge is -2.05. The van der Waals surface area contributed by atoms with Gasteiger partial charge < -0.3 is 10.1 Å². The van der Waals surface area contributed by atoms with E-state index in [2.05, 4.69) is 20.5 Å². The molecule has 2 N–H and O–H groups in total. The van der Waals surface area contributed by atoms with E-state index in [1.807, 2.05) is 54.6 Å². The van der Waals surface area contributed by atoms with E-state index in [4.69, 9.17) is 4.74 Å². The zero-order valence-electron chi connectivity index (χ0n) is 14.0. The fourth-order valence-electron chi connectivity index (χ4n) is 2.47. The van der Waals surface area contributed by atoms with Gasteiger partial charge >= 0.3 is 0 Å². The molecular weight excluding hydrogens is 316 g/mol. The second-order valence-electron chi connectivity index (χ2n) is 5.60. The molecule has 3 rings (SSSR count). The maximum atomic E-state index is 12.0. The van der Waals surface area contributed by atoms with Crippen LogP contribution in [0.4, 0.5) is 0 Å². The summed E-state index contributed by atoms with van der Waals surface area (Å²) in [4.78, 5) is 16.5. The van der Waals surface area contributed by atoms with Gasteiger partial charge in [-0.05, 0) is 17.7 Å². The number of aromatic nitrogens is 3. The number of ether oxygens (including phenoxy) is 1. The first-order chi connectivity index (χ1) is 12.2. The standard InChI is InChI=1S/C19H20N4O2/c1-25-16-9-5-6-14(12-16)13-18(24)20-11-10-17-21-19(23-22-17)15-7-3-2-4-8-15/h2-9,12H,10-11,13H2,1H3,(H,20,24)(H,21,22,23). The van der Waals surface area contributed by atoms with Gasteiger partial charge in [-0.25, -0.2) is 4.98 Å². The van der Waals surface area contributed by atoms with Crippen molar-refractivity contribution in [3.05, 3.63) is 66.0 Å². The molecule has 0 aliphatic rings. The third-order valence-electron chi connectivity index (χ3n) is 3.75. The maximum absolute atomic E-state index is 12.0. The molecule has 6 heteroatoms. The van der Waals surface area contributed by atoms with Crippen molar-refractivity contribution in [2.75, 3.05) is 13.7 Å². The molecule has 2 aromatic carbocycles. The van der Waals surface area contributed by atoms with Gasteiger partial charge in [-0.3, -0.25) is 9.89 Å². The van der Waals surface area contributed by atoms with Crippen LogP contribution in [0.2, 0.25) is 0 Å². The van der Waals surface area contributed by atoms with Gasteiger partial charge in [0, 0.05) is 18.5 Å². The number of benzene rings is 2. The quantitative estimate of drug-likeness (QED) is 0.694. The molecule has 3 aromatic rings. The number of nitrogens with one attached hydrogen (secondary N) is 2. The predicted molar refractivity (Wildman–Crippen MR) is 95.2 cm³/mol. The molecule has 25 heavy (non-hydrogen) atoms. The smallest absolute Gasteiger partial charge is 0.224 e. The first kappa shape index (κ1) is 16.7. The van der Waals surface area contributed by atoms with E-state index < -0.39 is 0 Å². The summed E-state index contributed by atoms with van der Waals surface area (Å²) in [5.41, 5.74) is 1.88. The number of carbonyl (C=O) groups excluding carboxylic acids is 1. The van der Waals surface area contributed by atoms with Gasteiger partial charge in [-0.2, -0.15) is 5.10 Å². The van der Waals surface area contributed by atoms with Crippen LogP contribution in [0.3, 0.4) is 0 Å². The van der Waals surface area contributed by atoms with Crippen LogP contribution in [-0.4, -0.2) is 34.7 Å². The first-order valence-corrected chi connectivity index (χ1v) is 8.11. The number of methoxy groups -OCH3 is 1. The van der Waals surface area contributed by atoms with E-state index in [-0.39, 0.29) is 5.91 Å². The lowest BCUT2D eigenvalue weighted by atomic mass is 10.1. The third-order valence-corrected chi connectivity index (χ3v) is 3.75. The number of rotatable bonds is 7. The molecule has 0 saturated carbocycles. The fourth-order valence-corrected chi connectivity index (χ4v) is 2.47. The SMILES string of the molecule is COc1cccc(CC(=O)NCCc2nc(-c3ccccc3)n[nH]2)c1. The van der Waals surface area contributed by atoms with Gasteiger partial charge in [0.2, 0.25) is 5.91 Å². The lowest BCUT2D eigenvalue weighted by molar-refractivity contribution is -0.120. The molecule has 0 unspecified atom stereocenters. The highest BCUT2D eigenvalue weighted by atomic mass is 16.5. The van der Waals surface area contributed by atoms with Crippen molar-refractivity contribution in [2.24, 2.45) is 0 Å². The molecule has 0 spiro atoms. The predicted octanol–water partition coefficient (Wildman–Crippen LogP) is 2.38. The minimum absolute atomic E-state index is 0.0314. The summed E-state index contributed by atoms with van der Waals surface area (Å²) < 4.78 is 5.16. The summed E-state index contributed by atoms with van der Waals surface area (Å²) in [5.74, 6) is 2.13. The maximum Gasteiger partial charge on any atom is 0.224 e. The van der Waals surface area contributed by atoms with Gasteiger partial charge in [-0.15, -0.1) is 0 Å². The van der Waals surface area contributed by atoms with Crippen LogP contribution in [0.1, 0.15) is 11.4 Å². The topological polar surface area (TPSA) is 79.9 Å². The molecule has 0 bridgehead atoms. The van der Waals surface area contributed by atoms with Gasteiger partial charge in [-0.1, -0.05) is 42.5 Å². The first-order valence-electron chi connectivity index (χ1n) is 8.11. The molecule has 0 radical (unpaired) electrons. The number of amides is 1. The highest BCUT2D eigenvalue weighted by Crippen LogP contribution is 2.14. The van der Waals surface area contributed by atoms with Gasteiger partial charge in [0.1, 0.15) is 11.6 Å². The van der Waals surface area contributed by atoms with Crippen LogP contribution in [0, 0.1) is 0 Å². The third kappa shape index (κ3) is 4.67. The van der Waals surface area contributed by atoms with Gasteiger partial charge in [0.15, 0.2) is 5.82 Å². The summed E-state index contributed by atoms with van der Waals surface area (Å²) in [6, 6.07) is 17.3. The van der Waals surface area contributed by atoms with Crippen molar-refractivity contribution in [2.45, 2.75) is 12.8 Å². The average molecular weight is 336 g/mol. The van der Waals surface area contributed by atoms with Crippen molar-refractivity contribution in [3.63, 3.8) is 0 Å². The van der Waals surface area contributed by atoms with Crippen LogP contribution in [0.15, 0.2) is 54.6 Å². The number of H-pyrrole nitrogens is 1. The van der Waals surface area contributed by atoms with Crippen molar-refractivity contribution >= 4 is 5.91 Å². The van der Waals surface area contributed by atoms with E-state index in [1.165, 1.54) is 0 Å². The van der Waals surface area contributed by atoms with E-state index in [0.717, 1.165) is 22.7 Å². The Kier molecular flexibility index (Phi) is 5.41. The number of carbonyl (C=O) groups is 1. The van der Waals surface area contributed by atoms with E-state index in [9.17, 15) is 4.79 Å². The van der Waals surface area contributed by atoms with Crippen molar-refractivity contribution in [3.8, 4) is 17.1 Å². The van der Waals surface area contributed by atoms with Crippen LogP contribution in [0.5, 0.6) is 5.75 Å². The van der Waals surface area contributed by atoms with E-state index in [1.54, 1.807) is 7.11 Å². The zero-order chi connectivity index (χ0) is 17.5. The zero-order valence-corrected chi connectivity index (χ0v) is 14.0. The fraction of sp³-hybridized carbons (Fsp3) is 0.211. The van der Waals surface area contributed by atoms with Crippen molar-refractivity contribution in [1.82, 2.24) is 20.5 Å². The Hall–Kier alpha value is -3.15. The van der Waals surface area contributed by atoms with Crippen molar-refractivity contribution in [1.29, 1.82) is 0 Å². The van der Waals surface area contributed by atoms with Crippen LogP contribution in [-0.2, 0) is 17.6 Å². The second kappa shape index (κ2) is 8.10. The summed E-state index contributed by atoms with van der Waals surface area (Å²) in [7, 11) is 1.61. The Bertz CT molecular complexity index is 830. The molecule has 0 aliphatic heterocycles. The number of nitrogens with zero attached hydrogens (tertiary/aromatic N) is 2. The molecule has 0 fully saturated rings. The molecule has 1 heterocycles. The van der Waals surface area contributed by atoms with Gasteiger partial charge in [0.25, 0.3) is 0 Å². The average Bonchev–Trinajstić information content (AvgIpc) is 3.11. The summed E-state index contributed by atoms with van der Waals surface area (Å²) >= 11 is 0. The summed E-state index contributed by atoms with van der Waals surface area (Å²) in [6.45, 7) is 0.506. The normalized spacial score (nSPS) is 10.4. The van der Waals surface area contributed by atoms with E-state index >= 15 is 0 Å². The molecule has 0 saturated heterocycles. The van der Waals surface area contributed by atoms with E-state index in [0.29, 0.717) is 25.2 Å². The number of hydrogen-bond donors (Lipinski definition) is 2. The number of hydrogen-bond acceptors (Lipinski definition) is 4. The van der Waals surface area contributed by atoms with Crippen LogP contribution < -0.4 is 10.1 Å². The number of aromatic amines is 1. The Labute approximate surface area is 146 Å². The summed E-state index contributed by atoms with van der Waals surface area (Å²) in [5, 5.41) is 10.0. The van der Waals surface area contributed by atoms with Crippen LogP contribution >= 0.6 is 0 Å². The molecule has 0 aliphatic carbocycles. The molecule has 1 amide bonds. The molecule has 6 nitrogen and oxygen atoms in total. The van der Waals surface area contributed by atoms with Crippen LogP contribution in [0.25, 0.3) is 11.4 Å². The summed E-state index contributed by atoms with van der Waals surface area (Å²) in [6.07, 6.45) is 0.923. The molecular formula is C19H20N4O2. The van der Waals surface area contributed by atoms with Crippen molar-refractivity contribution < 1.29 is 9.53 Å². The molecule has 128 valence electrons. The highest BCUT2D eigenvalue weighted by Gasteiger charge is 2.07. The van der Waals surface area contributed by atoms with Gasteiger partial charge in [0.05, 0.1) is 13.5 Å². The Morgan fingerprint density at radius 3 is 2.80 bits per heavy atom. The molecule has 1 aromatic heterocycles.